The lowest BCUT2D eigenvalue weighted by Crippen LogP contribution is -2.49. The zero-order valence-electron chi connectivity index (χ0n) is 19.2. The van der Waals surface area contributed by atoms with Crippen molar-refractivity contribution in [3.8, 4) is 5.88 Å². The lowest BCUT2D eigenvalue weighted by atomic mass is 9.90. The molecule has 0 aliphatic carbocycles. The molecule has 1 atom stereocenters. The van der Waals surface area contributed by atoms with Crippen LogP contribution in [0.3, 0.4) is 0 Å². The summed E-state index contributed by atoms with van der Waals surface area (Å²) in [6.07, 6.45) is 2.71. The highest BCUT2D eigenvalue weighted by Gasteiger charge is 2.34. The van der Waals surface area contributed by atoms with Crippen LogP contribution in [0, 0.1) is 0 Å². The number of carbonyl (C=O) groups is 1. The van der Waals surface area contributed by atoms with Gasteiger partial charge in [-0.3, -0.25) is 14.2 Å². The van der Waals surface area contributed by atoms with Gasteiger partial charge in [0.25, 0.3) is 5.56 Å². The molecule has 1 aliphatic heterocycles. The van der Waals surface area contributed by atoms with E-state index in [2.05, 4.69) is 11.9 Å². The van der Waals surface area contributed by atoms with E-state index < -0.39 is 5.60 Å². The van der Waals surface area contributed by atoms with Crippen molar-refractivity contribution in [1.82, 2.24) is 19.4 Å². The average Bonchev–Trinajstić information content (AvgIpc) is 2.76. The van der Waals surface area contributed by atoms with Crippen LogP contribution in [-0.4, -0.2) is 76.3 Å². The number of aromatic nitrogens is 2. The number of likely N-dealkylation sites (tertiary alicyclic amines) is 1. The van der Waals surface area contributed by atoms with E-state index in [4.69, 9.17) is 4.74 Å². The topological polar surface area (TPSA) is 87.9 Å². The Hall–Kier alpha value is -2.71. The Morgan fingerprint density at radius 3 is 2.56 bits per heavy atom. The van der Waals surface area contributed by atoms with Crippen molar-refractivity contribution in [2.24, 2.45) is 0 Å². The molecule has 2 aromatic rings. The summed E-state index contributed by atoms with van der Waals surface area (Å²) in [5.41, 5.74) is -0.153. The molecule has 0 bridgehead atoms. The number of nitrogens with zero attached hydrogens (tertiary/aromatic N) is 4. The second-order valence-electron chi connectivity index (χ2n) is 8.97. The number of aliphatic hydroxyl groups is 1. The molecular weight excluding hydrogens is 408 g/mol. The van der Waals surface area contributed by atoms with Gasteiger partial charge in [-0.15, -0.1) is 0 Å². The number of piperidine rings is 1. The van der Waals surface area contributed by atoms with Crippen LogP contribution in [0.25, 0.3) is 0 Å². The maximum absolute atomic E-state index is 12.7. The Labute approximate surface area is 189 Å². The van der Waals surface area contributed by atoms with Gasteiger partial charge in [-0.05, 0) is 38.4 Å². The Morgan fingerprint density at radius 2 is 1.94 bits per heavy atom. The number of likely N-dealkylation sites (N-methyl/N-ethyl adjacent to an activating group) is 1. The van der Waals surface area contributed by atoms with Gasteiger partial charge in [-0.25, -0.2) is 4.98 Å². The lowest BCUT2D eigenvalue weighted by molar-refractivity contribution is -0.136. The quantitative estimate of drug-likeness (QED) is 0.636. The molecule has 32 heavy (non-hydrogen) atoms. The summed E-state index contributed by atoms with van der Waals surface area (Å²) in [4.78, 5) is 33.2. The van der Waals surface area contributed by atoms with Crippen LogP contribution in [0.15, 0.2) is 47.5 Å². The molecule has 8 heteroatoms. The summed E-state index contributed by atoms with van der Waals surface area (Å²) in [7, 11) is 3.89. The van der Waals surface area contributed by atoms with Crippen molar-refractivity contribution < 1.29 is 14.6 Å². The van der Waals surface area contributed by atoms with E-state index >= 15 is 0 Å². The molecule has 0 saturated carbocycles. The first kappa shape index (κ1) is 23.9. The van der Waals surface area contributed by atoms with Crippen LogP contribution in [0.1, 0.15) is 37.7 Å². The summed E-state index contributed by atoms with van der Waals surface area (Å²) in [5.74, 6) is 0.530. The van der Waals surface area contributed by atoms with Gasteiger partial charge >= 0.3 is 0 Å². The Bertz CT molecular complexity index is 937. The minimum Gasteiger partial charge on any atom is -0.476 e. The molecule has 1 fully saturated rings. The van der Waals surface area contributed by atoms with E-state index in [0.29, 0.717) is 39.0 Å². The average molecular weight is 443 g/mol. The second-order valence-corrected chi connectivity index (χ2v) is 8.97. The van der Waals surface area contributed by atoms with Gasteiger partial charge in [0.05, 0.1) is 18.2 Å². The fourth-order valence-electron chi connectivity index (χ4n) is 3.88. The monoisotopic (exact) mass is 442 g/mol. The molecule has 8 nitrogen and oxygen atoms in total. The van der Waals surface area contributed by atoms with Gasteiger partial charge in [0.2, 0.25) is 11.8 Å². The number of hydrogen-bond acceptors (Lipinski definition) is 6. The van der Waals surface area contributed by atoms with Crippen molar-refractivity contribution in [1.29, 1.82) is 0 Å². The number of amides is 1. The Kier molecular flexibility index (Phi) is 8.04. The molecule has 174 valence electrons. The van der Waals surface area contributed by atoms with Crippen LogP contribution in [0.5, 0.6) is 5.88 Å². The predicted octanol–water partition coefficient (Wildman–Crippen LogP) is 1.73. The SMILES string of the molecule is CC(CC(=O)N1CCC(O)(Cn2cnc(OCCN(C)C)cc2=O)CC1)c1ccccc1. The first-order valence-corrected chi connectivity index (χ1v) is 11.1. The van der Waals surface area contributed by atoms with Crippen molar-refractivity contribution in [3.63, 3.8) is 0 Å². The lowest BCUT2D eigenvalue weighted by Gasteiger charge is -2.38. The summed E-state index contributed by atoms with van der Waals surface area (Å²) in [6, 6.07) is 11.4. The van der Waals surface area contributed by atoms with E-state index in [-0.39, 0.29) is 29.8 Å². The smallest absolute Gasteiger partial charge is 0.257 e. The van der Waals surface area contributed by atoms with Crippen LogP contribution in [0.2, 0.25) is 0 Å². The van der Waals surface area contributed by atoms with Gasteiger partial charge in [-0.1, -0.05) is 37.3 Å². The third kappa shape index (κ3) is 6.64. The third-order valence-corrected chi connectivity index (χ3v) is 6.00. The van der Waals surface area contributed by atoms with E-state index in [1.165, 1.54) is 17.0 Å². The number of rotatable bonds is 9. The minimum atomic E-state index is -1.04. The molecule has 3 rings (SSSR count). The second kappa shape index (κ2) is 10.7. The number of hydrogen-bond donors (Lipinski definition) is 1. The van der Waals surface area contributed by atoms with Gasteiger partial charge in [0.1, 0.15) is 12.9 Å². The van der Waals surface area contributed by atoms with Crippen LogP contribution in [0.4, 0.5) is 0 Å². The highest BCUT2D eigenvalue weighted by atomic mass is 16.5. The van der Waals surface area contributed by atoms with Gasteiger partial charge in [0, 0.05) is 26.1 Å². The third-order valence-electron chi connectivity index (χ3n) is 6.00. The highest BCUT2D eigenvalue weighted by molar-refractivity contribution is 5.77. The molecule has 1 aliphatic rings. The molecule has 0 spiro atoms. The maximum atomic E-state index is 12.7. The Morgan fingerprint density at radius 1 is 1.25 bits per heavy atom. The molecule has 0 radical (unpaired) electrons. The largest absolute Gasteiger partial charge is 0.476 e. The minimum absolute atomic E-state index is 0.0986. The fraction of sp³-hybridized carbons (Fsp3) is 0.542. The fourth-order valence-corrected chi connectivity index (χ4v) is 3.88. The van der Waals surface area contributed by atoms with E-state index in [1.807, 2.05) is 54.2 Å². The van der Waals surface area contributed by atoms with Crippen molar-refractivity contribution >= 4 is 5.91 Å². The molecule has 1 N–H and O–H groups in total. The van der Waals surface area contributed by atoms with E-state index in [1.54, 1.807) is 0 Å². The van der Waals surface area contributed by atoms with Gasteiger partial charge < -0.3 is 19.6 Å². The standard InChI is InChI=1S/C24H34N4O4/c1-19(20-7-5-4-6-8-20)15-22(29)27-11-9-24(31,10-12-27)17-28-18-25-21(16-23(28)30)32-14-13-26(2)3/h4-8,16,18-19,31H,9-15,17H2,1-3H3. The first-order valence-electron chi connectivity index (χ1n) is 11.1. The van der Waals surface area contributed by atoms with E-state index in [9.17, 15) is 14.7 Å². The van der Waals surface area contributed by atoms with Crippen LogP contribution < -0.4 is 10.3 Å². The van der Waals surface area contributed by atoms with E-state index in [0.717, 1.165) is 12.1 Å². The molecule has 1 aromatic carbocycles. The van der Waals surface area contributed by atoms with Crippen molar-refractivity contribution in [3.05, 3.63) is 58.6 Å². The number of ether oxygens (including phenoxy) is 1. The van der Waals surface area contributed by atoms with Crippen molar-refractivity contribution in [2.75, 3.05) is 40.3 Å². The van der Waals surface area contributed by atoms with Crippen molar-refractivity contribution in [2.45, 2.75) is 44.2 Å². The molecule has 2 heterocycles. The number of benzene rings is 1. The molecule has 1 saturated heterocycles. The van der Waals surface area contributed by atoms with Gasteiger partial charge in [-0.2, -0.15) is 0 Å². The normalized spacial score (nSPS) is 16.7. The Balaban J connectivity index is 1.51. The summed E-state index contributed by atoms with van der Waals surface area (Å²) >= 11 is 0. The molecule has 1 amide bonds. The first-order chi connectivity index (χ1) is 15.3. The molecule has 1 unspecified atom stereocenters. The highest BCUT2D eigenvalue weighted by Crippen LogP contribution is 2.26. The molecular formula is C24H34N4O4. The number of carbonyl (C=O) groups excluding carboxylic acids is 1. The van der Waals surface area contributed by atoms with Gasteiger partial charge in [0.15, 0.2) is 0 Å². The predicted molar refractivity (Wildman–Crippen MR) is 123 cm³/mol. The zero-order valence-corrected chi connectivity index (χ0v) is 19.2. The van der Waals surface area contributed by atoms with Crippen LogP contribution >= 0.6 is 0 Å². The van der Waals surface area contributed by atoms with Crippen LogP contribution in [-0.2, 0) is 11.3 Å². The molecule has 1 aromatic heterocycles. The zero-order chi connectivity index (χ0) is 23.1. The summed E-state index contributed by atoms with van der Waals surface area (Å²) in [6.45, 7) is 4.33. The maximum Gasteiger partial charge on any atom is 0.257 e. The summed E-state index contributed by atoms with van der Waals surface area (Å²) in [5, 5.41) is 11.0. The summed E-state index contributed by atoms with van der Waals surface area (Å²) < 4.78 is 6.91.